The molecule has 4 rings (SSSR count). The molecule has 0 saturated carbocycles. The van der Waals surface area contributed by atoms with Crippen molar-refractivity contribution in [2.75, 3.05) is 42.9 Å². The van der Waals surface area contributed by atoms with Crippen LogP contribution in [0.3, 0.4) is 0 Å². The molecule has 2 aliphatic rings. The van der Waals surface area contributed by atoms with E-state index < -0.39 is 10.0 Å². The number of unbranched alkanes of at least 4 members (excludes halogenated alkanes) is 2. The predicted molar refractivity (Wildman–Crippen MR) is 146 cm³/mol. The highest BCUT2D eigenvalue weighted by atomic mass is 32.2. The van der Waals surface area contributed by atoms with Crippen LogP contribution >= 0.6 is 0 Å². The number of rotatable bonds is 10. The van der Waals surface area contributed by atoms with Gasteiger partial charge in [0.05, 0.1) is 5.69 Å². The van der Waals surface area contributed by atoms with Gasteiger partial charge in [-0.2, -0.15) is 0 Å². The highest BCUT2D eigenvalue weighted by Crippen LogP contribution is 2.34. The number of carbonyl (C=O) groups excluding carboxylic acids is 1. The minimum absolute atomic E-state index is 0.0784. The number of nitrogens with one attached hydrogen (secondary N) is 2. The summed E-state index contributed by atoms with van der Waals surface area (Å²) in [7, 11) is -3.84. The number of likely N-dealkylation sites (N-methyl/N-ethyl adjacent to an activating group) is 1. The van der Waals surface area contributed by atoms with E-state index in [4.69, 9.17) is 0 Å². The van der Waals surface area contributed by atoms with Crippen LogP contribution in [0, 0.1) is 0 Å². The number of carbonyl (C=O) groups is 1. The Morgan fingerprint density at radius 2 is 1.81 bits per heavy atom. The maximum absolute atomic E-state index is 13.9. The summed E-state index contributed by atoms with van der Waals surface area (Å²) in [6.45, 7) is 8.58. The second-order valence-corrected chi connectivity index (χ2v) is 11.6. The SMILES string of the molecule is CCCCCC(=O)Nc1ccc(N2CCN(CC)CC2)c(S(=O)(=O)N[C@@H]2CCCc3ccccc32)c1. The Kier molecular flexibility index (Phi) is 9.04. The zero-order valence-electron chi connectivity index (χ0n) is 21.6. The molecule has 1 heterocycles. The van der Waals surface area contributed by atoms with Gasteiger partial charge in [-0.3, -0.25) is 4.79 Å². The number of aryl methyl sites for hydroxylation is 1. The Labute approximate surface area is 216 Å². The first-order valence-corrected chi connectivity index (χ1v) is 14.9. The molecule has 1 aliphatic heterocycles. The van der Waals surface area contributed by atoms with Crippen LogP contribution in [0.15, 0.2) is 47.4 Å². The van der Waals surface area contributed by atoms with Crippen LogP contribution in [0.5, 0.6) is 0 Å². The number of fused-ring (bicyclic) bond motifs is 1. The lowest BCUT2D eigenvalue weighted by Crippen LogP contribution is -2.46. The van der Waals surface area contributed by atoms with E-state index in [9.17, 15) is 13.2 Å². The molecular weight excluding hydrogens is 472 g/mol. The lowest BCUT2D eigenvalue weighted by atomic mass is 9.88. The van der Waals surface area contributed by atoms with Gasteiger partial charge in [-0.05, 0) is 61.6 Å². The van der Waals surface area contributed by atoms with Gasteiger partial charge < -0.3 is 15.1 Å². The maximum Gasteiger partial charge on any atom is 0.243 e. The topological polar surface area (TPSA) is 81.8 Å². The van der Waals surface area contributed by atoms with Crippen molar-refractivity contribution in [2.45, 2.75) is 69.7 Å². The van der Waals surface area contributed by atoms with Crippen molar-refractivity contribution in [1.82, 2.24) is 9.62 Å². The highest BCUT2D eigenvalue weighted by molar-refractivity contribution is 7.89. The molecule has 36 heavy (non-hydrogen) atoms. The molecule has 1 saturated heterocycles. The first-order chi connectivity index (χ1) is 17.4. The molecule has 1 atom stereocenters. The average Bonchev–Trinajstić information content (AvgIpc) is 2.89. The summed E-state index contributed by atoms with van der Waals surface area (Å²) in [5, 5.41) is 2.92. The van der Waals surface area contributed by atoms with E-state index in [0.717, 1.165) is 76.8 Å². The minimum atomic E-state index is -3.84. The van der Waals surface area contributed by atoms with Crippen LogP contribution in [-0.4, -0.2) is 51.9 Å². The predicted octanol–water partition coefficient (Wildman–Crippen LogP) is 4.70. The second-order valence-electron chi connectivity index (χ2n) is 9.87. The standard InChI is InChI=1S/C28H40N4O3S/c1-3-5-6-14-28(33)29-23-15-16-26(32-19-17-31(4-2)18-20-32)27(21-23)36(34,35)30-25-13-9-11-22-10-7-8-12-24(22)25/h7-8,10,12,15-16,21,25,30H,3-6,9,11,13-14,17-20H2,1-2H3,(H,29,33)/t25-/m1/s1. The van der Waals surface area contributed by atoms with Gasteiger partial charge in [-0.25, -0.2) is 13.1 Å². The van der Waals surface area contributed by atoms with Crippen LogP contribution in [0.2, 0.25) is 0 Å². The summed E-state index contributed by atoms with van der Waals surface area (Å²) in [4.78, 5) is 17.2. The number of piperazine rings is 1. The van der Waals surface area contributed by atoms with Crippen molar-refractivity contribution in [3.05, 3.63) is 53.6 Å². The Balaban J connectivity index is 1.62. The molecule has 0 unspecified atom stereocenters. The summed E-state index contributed by atoms with van der Waals surface area (Å²) in [6.07, 6.45) is 6.01. The van der Waals surface area contributed by atoms with Crippen molar-refractivity contribution < 1.29 is 13.2 Å². The number of anilines is 2. The summed E-state index contributed by atoms with van der Waals surface area (Å²) < 4.78 is 30.8. The van der Waals surface area contributed by atoms with Gasteiger partial charge in [0, 0.05) is 44.3 Å². The largest absolute Gasteiger partial charge is 0.368 e. The van der Waals surface area contributed by atoms with Crippen molar-refractivity contribution in [3.63, 3.8) is 0 Å². The fourth-order valence-electron chi connectivity index (χ4n) is 5.26. The van der Waals surface area contributed by atoms with Gasteiger partial charge in [0.15, 0.2) is 0 Å². The Morgan fingerprint density at radius 1 is 1.03 bits per heavy atom. The third-order valence-corrected chi connectivity index (χ3v) is 8.87. The highest BCUT2D eigenvalue weighted by Gasteiger charge is 2.30. The monoisotopic (exact) mass is 512 g/mol. The van der Waals surface area contributed by atoms with Gasteiger partial charge in [0.2, 0.25) is 15.9 Å². The van der Waals surface area contributed by atoms with E-state index in [1.807, 2.05) is 30.3 Å². The van der Waals surface area contributed by atoms with E-state index in [1.54, 1.807) is 6.07 Å². The molecule has 0 spiro atoms. The van der Waals surface area contributed by atoms with E-state index >= 15 is 0 Å². The third-order valence-electron chi connectivity index (χ3n) is 7.37. The molecule has 1 fully saturated rings. The molecule has 0 radical (unpaired) electrons. The van der Waals surface area contributed by atoms with Crippen LogP contribution in [0.25, 0.3) is 0 Å². The van der Waals surface area contributed by atoms with Crippen LogP contribution in [-0.2, 0) is 21.2 Å². The van der Waals surface area contributed by atoms with Gasteiger partial charge in [-0.1, -0.05) is 51.0 Å². The van der Waals surface area contributed by atoms with E-state index in [0.29, 0.717) is 17.8 Å². The first-order valence-electron chi connectivity index (χ1n) is 13.4. The smallest absolute Gasteiger partial charge is 0.243 e. The Morgan fingerprint density at radius 3 is 2.56 bits per heavy atom. The van der Waals surface area contributed by atoms with Gasteiger partial charge >= 0.3 is 0 Å². The third kappa shape index (κ3) is 6.47. The number of benzene rings is 2. The number of nitrogens with zero attached hydrogens (tertiary/aromatic N) is 2. The molecule has 2 aromatic carbocycles. The van der Waals surface area contributed by atoms with Gasteiger partial charge in [0.1, 0.15) is 4.90 Å². The normalized spacial score (nSPS) is 18.6. The molecule has 1 aliphatic carbocycles. The molecule has 2 aromatic rings. The molecule has 8 heteroatoms. The van der Waals surface area contributed by atoms with E-state index in [1.165, 1.54) is 5.56 Å². The Bertz CT molecular complexity index is 1140. The van der Waals surface area contributed by atoms with E-state index in [-0.39, 0.29) is 16.8 Å². The van der Waals surface area contributed by atoms with Crippen LogP contribution < -0.4 is 14.9 Å². The van der Waals surface area contributed by atoms with Gasteiger partial charge in [0.25, 0.3) is 0 Å². The van der Waals surface area contributed by atoms with Crippen LogP contribution in [0.4, 0.5) is 11.4 Å². The van der Waals surface area contributed by atoms with Crippen LogP contribution in [0.1, 0.15) is 69.5 Å². The number of hydrogen-bond acceptors (Lipinski definition) is 5. The molecular formula is C28H40N4O3S. The zero-order valence-corrected chi connectivity index (χ0v) is 22.4. The van der Waals surface area contributed by atoms with Crippen molar-refractivity contribution in [1.29, 1.82) is 0 Å². The summed E-state index contributed by atoms with van der Waals surface area (Å²) in [5.74, 6) is -0.0784. The summed E-state index contributed by atoms with van der Waals surface area (Å²) in [6, 6.07) is 13.2. The second kappa shape index (κ2) is 12.2. The summed E-state index contributed by atoms with van der Waals surface area (Å²) in [5.41, 5.74) is 3.49. The maximum atomic E-state index is 13.9. The average molecular weight is 513 g/mol. The summed E-state index contributed by atoms with van der Waals surface area (Å²) >= 11 is 0. The van der Waals surface area contributed by atoms with Crippen molar-refractivity contribution >= 4 is 27.3 Å². The molecule has 0 bridgehead atoms. The lowest BCUT2D eigenvalue weighted by Gasteiger charge is -2.36. The number of amides is 1. The van der Waals surface area contributed by atoms with Crippen molar-refractivity contribution in [3.8, 4) is 0 Å². The molecule has 196 valence electrons. The van der Waals surface area contributed by atoms with E-state index in [2.05, 4.69) is 39.8 Å². The lowest BCUT2D eigenvalue weighted by molar-refractivity contribution is -0.116. The first kappa shape index (κ1) is 26.6. The Hall–Kier alpha value is -2.42. The zero-order chi connectivity index (χ0) is 25.5. The molecule has 1 amide bonds. The number of sulfonamides is 1. The fourth-order valence-corrected chi connectivity index (χ4v) is 6.76. The molecule has 2 N–H and O–H groups in total. The quantitative estimate of drug-likeness (QED) is 0.451. The molecule has 7 nitrogen and oxygen atoms in total. The van der Waals surface area contributed by atoms with Gasteiger partial charge in [-0.15, -0.1) is 0 Å². The molecule has 0 aromatic heterocycles. The number of hydrogen-bond donors (Lipinski definition) is 2. The minimum Gasteiger partial charge on any atom is -0.368 e. The van der Waals surface area contributed by atoms with Crippen molar-refractivity contribution in [2.24, 2.45) is 0 Å². The fraction of sp³-hybridized carbons (Fsp3) is 0.536.